The van der Waals surface area contributed by atoms with E-state index in [0.29, 0.717) is 18.5 Å². The summed E-state index contributed by atoms with van der Waals surface area (Å²) >= 11 is 0. The van der Waals surface area contributed by atoms with E-state index in [-0.39, 0.29) is 5.92 Å². The van der Waals surface area contributed by atoms with Gasteiger partial charge in [0.1, 0.15) is 17.5 Å². The summed E-state index contributed by atoms with van der Waals surface area (Å²) in [6.07, 6.45) is 2.62. The number of aromatic nitrogens is 2. The van der Waals surface area contributed by atoms with Crippen LogP contribution in [0.1, 0.15) is 45.4 Å². The number of nitrogens with zero attached hydrogens (tertiary/aromatic N) is 3. The quantitative estimate of drug-likeness (QED) is 0.830. The number of nitrogens with two attached hydrogens (primary N) is 1. The van der Waals surface area contributed by atoms with Gasteiger partial charge in [0.15, 0.2) is 0 Å². The van der Waals surface area contributed by atoms with E-state index < -0.39 is 0 Å². The van der Waals surface area contributed by atoms with Crippen molar-refractivity contribution in [3.8, 4) is 0 Å². The lowest BCUT2D eigenvalue weighted by molar-refractivity contribution is 0.202. The van der Waals surface area contributed by atoms with E-state index in [4.69, 9.17) is 15.5 Å². The lowest BCUT2D eigenvalue weighted by Crippen LogP contribution is -2.38. The first-order valence-corrected chi connectivity index (χ1v) is 7.43. The number of anilines is 2. The van der Waals surface area contributed by atoms with E-state index in [1.807, 2.05) is 6.07 Å². The SMILES string of the molecule is COCCN(c1cc(N)nc(C(C)C)n1)C(C)C1CC1. The van der Waals surface area contributed by atoms with Crippen LogP contribution < -0.4 is 10.6 Å². The molecule has 0 aliphatic heterocycles. The predicted octanol–water partition coefficient (Wildman–Crippen LogP) is 2.43. The van der Waals surface area contributed by atoms with Crippen molar-refractivity contribution < 1.29 is 4.74 Å². The van der Waals surface area contributed by atoms with Crippen molar-refractivity contribution in [1.82, 2.24) is 9.97 Å². The maximum Gasteiger partial charge on any atom is 0.135 e. The van der Waals surface area contributed by atoms with Crippen molar-refractivity contribution in [2.24, 2.45) is 5.92 Å². The molecule has 5 nitrogen and oxygen atoms in total. The summed E-state index contributed by atoms with van der Waals surface area (Å²) in [7, 11) is 1.73. The van der Waals surface area contributed by atoms with Gasteiger partial charge in [-0.2, -0.15) is 0 Å². The number of hydrogen-bond acceptors (Lipinski definition) is 5. The first kappa shape index (κ1) is 15.0. The van der Waals surface area contributed by atoms with E-state index >= 15 is 0 Å². The van der Waals surface area contributed by atoms with Gasteiger partial charge in [0.05, 0.1) is 6.61 Å². The zero-order chi connectivity index (χ0) is 14.7. The minimum absolute atomic E-state index is 0.276. The second kappa shape index (κ2) is 6.39. The Morgan fingerprint density at radius 3 is 2.60 bits per heavy atom. The Morgan fingerprint density at radius 1 is 1.35 bits per heavy atom. The van der Waals surface area contributed by atoms with Gasteiger partial charge in [0, 0.05) is 31.7 Å². The van der Waals surface area contributed by atoms with Crippen molar-refractivity contribution >= 4 is 11.6 Å². The molecule has 1 aliphatic carbocycles. The molecule has 0 saturated heterocycles. The Bertz CT molecular complexity index is 445. The highest BCUT2D eigenvalue weighted by Gasteiger charge is 2.32. The van der Waals surface area contributed by atoms with Gasteiger partial charge in [-0.3, -0.25) is 0 Å². The van der Waals surface area contributed by atoms with Crippen molar-refractivity contribution in [3.63, 3.8) is 0 Å². The van der Waals surface area contributed by atoms with Crippen molar-refractivity contribution in [3.05, 3.63) is 11.9 Å². The van der Waals surface area contributed by atoms with Gasteiger partial charge in [-0.05, 0) is 25.7 Å². The number of nitrogen functional groups attached to an aromatic ring is 1. The molecule has 1 heterocycles. The van der Waals surface area contributed by atoms with Crippen LogP contribution in [-0.2, 0) is 4.74 Å². The van der Waals surface area contributed by atoms with Gasteiger partial charge in [-0.15, -0.1) is 0 Å². The number of rotatable bonds is 7. The van der Waals surface area contributed by atoms with Crippen LogP contribution in [0.5, 0.6) is 0 Å². The Kier molecular flexibility index (Phi) is 4.81. The molecule has 1 saturated carbocycles. The molecule has 0 radical (unpaired) electrons. The third kappa shape index (κ3) is 3.60. The predicted molar refractivity (Wildman–Crippen MR) is 81.9 cm³/mol. The summed E-state index contributed by atoms with van der Waals surface area (Å²) in [5.74, 6) is 3.33. The van der Waals surface area contributed by atoms with Gasteiger partial charge in [0.2, 0.25) is 0 Å². The van der Waals surface area contributed by atoms with Crippen LogP contribution in [-0.4, -0.2) is 36.3 Å². The van der Waals surface area contributed by atoms with Gasteiger partial charge in [-0.25, -0.2) is 9.97 Å². The molecule has 112 valence electrons. The monoisotopic (exact) mass is 278 g/mol. The van der Waals surface area contributed by atoms with Crippen molar-refractivity contribution in [2.75, 3.05) is 30.9 Å². The number of methoxy groups -OCH3 is 1. The summed E-state index contributed by atoms with van der Waals surface area (Å²) in [5.41, 5.74) is 5.95. The summed E-state index contributed by atoms with van der Waals surface area (Å²) < 4.78 is 5.24. The standard InChI is InChI=1S/C15H26N4O/c1-10(2)15-17-13(16)9-14(18-15)19(7-8-20-4)11(3)12-5-6-12/h9-12H,5-8H2,1-4H3,(H2,16,17,18). The highest BCUT2D eigenvalue weighted by atomic mass is 16.5. The molecule has 20 heavy (non-hydrogen) atoms. The van der Waals surface area contributed by atoms with Crippen LogP contribution in [0.2, 0.25) is 0 Å². The van der Waals surface area contributed by atoms with Gasteiger partial charge >= 0.3 is 0 Å². The lowest BCUT2D eigenvalue weighted by Gasteiger charge is -2.30. The molecule has 1 aliphatic rings. The highest BCUT2D eigenvalue weighted by molar-refractivity contribution is 5.48. The molecule has 0 bridgehead atoms. The van der Waals surface area contributed by atoms with Gasteiger partial charge in [-0.1, -0.05) is 13.8 Å². The fraction of sp³-hybridized carbons (Fsp3) is 0.733. The van der Waals surface area contributed by atoms with Crippen LogP contribution in [0.3, 0.4) is 0 Å². The average Bonchev–Trinajstić information content (AvgIpc) is 3.22. The molecule has 0 amide bonds. The smallest absolute Gasteiger partial charge is 0.135 e. The van der Waals surface area contributed by atoms with Crippen molar-refractivity contribution in [2.45, 2.75) is 45.6 Å². The fourth-order valence-electron chi connectivity index (χ4n) is 2.43. The molecular formula is C15H26N4O. The van der Waals surface area contributed by atoms with Crippen LogP contribution >= 0.6 is 0 Å². The van der Waals surface area contributed by atoms with Crippen LogP contribution in [0.25, 0.3) is 0 Å². The Hall–Kier alpha value is -1.36. The van der Waals surface area contributed by atoms with Gasteiger partial charge in [0.25, 0.3) is 0 Å². The zero-order valence-corrected chi connectivity index (χ0v) is 13.0. The summed E-state index contributed by atoms with van der Waals surface area (Å²) in [6.45, 7) is 7.96. The largest absolute Gasteiger partial charge is 0.384 e. The maximum atomic E-state index is 5.95. The van der Waals surface area contributed by atoms with E-state index in [1.54, 1.807) is 7.11 Å². The summed E-state index contributed by atoms with van der Waals surface area (Å²) in [5, 5.41) is 0. The van der Waals surface area contributed by atoms with E-state index in [9.17, 15) is 0 Å². The summed E-state index contributed by atoms with van der Waals surface area (Å²) in [4.78, 5) is 11.3. The molecular weight excluding hydrogens is 252 g/mol. The average molecular weight is 278 g/mol. The molecule has 2 rings (SSSR count). The van der Waals surface area contributed by atoms with Crippen LogP contribution in [0.4, 0.5) is 11.6 Å². The number of ether oxygens (including phenoxy) is 1. The maximum absolute atomic E-state index is 5.95. The third-order valence-corrected chi connectivity index (χ3v) is 3.89. The Balaban J connectivity index is 2.26. The molecule has 0 aromatic carbocycles. The number of hydrogen-bond donors (Lipinski definition) is 1. The van der Waals surface area contributed by atoms with Crippen molar-refractivity contribution in [1.29, 1.82) is 0 Å². The minimum atomic E-state index is 0.276. The topological polar surface area (TPSA) is 64.3 Å². The molecule has 0 spiro atoms. The van der Waals surface area contributed by atoms with Crippen LogP contribution in [0, 0.1) is 5.92 Å². The lowest BCUT2D eigenvalue weighted by atomic mass is 10.1. The molecule has 1 atom stereocenters. The zero-order valence-electron chi connectivity index (χ0n) is 13.0. The van der Waals surface area contributed by atoms with Gasteiger partial charge < -0.3 is 15.4 Å². The van der Waals surface area contributed by atoms with Crippen LogP contribution in [0.15, 0.2) is 6.07 Å². The molecule has 5 heteroatoms. The molecule has 1 aromatic heterocycles. The molecule has 1 unspecified atom stereocenters. The normalized spacial score (nSPS) is 16.4. The highest BCUT2D eigenvalue weighted by Crippen LogP contribution is 2.36. The molecule has 1 fully saturated rings. The van der Waals surface area contributed by atoms with E-state index in [0.717, 1.165) is 24.1 Å². The first-order valence-electron chi connectivity index (χ1n) is 7.43. The minimum Gasteiger partial charge on any atom is -0.384 e. The second-order valence-electron chi connectivity index (χ2n) is 5.93. The molecule has 2 N–H and O–H groups in total. The Labute approximate surface area is 121 Å². The first-order chi connectivity index (χ1) is 9.52. The third-order valence-electron chi connectivity index (χ3n) is 3.89. The molecule has 1 aromatic rings. The summed E-state index contributed by atoms with van der Waals surface area (Å²) in [6, 6.07) is 2.35. The second-order valence-corrected chi connectivity index (χ2v) is 5.93. The fourth-order valence-corrected chi connectivity index (χ4v) is 2.43. The van der Waals surface area contributed by atoms with E-state index in [1.165, 1.54) is 12.8 Å². The van der Waals surface area contributed by atoms with E-state index in [2.05, 4.69) is 30.7 Å². The Morgan fingerprint density at radius 2 is 2.05 bits per heavy atom.